The lowest BCUT2D eigenvalue weighted by molar-refractivity contribution is -0.130. The highest BCUT2D eigenvalue weighted by Crippen LogP contribution is 2.73. The van der Waals surface area contributed by atoms with E-state index in [2.05, 4.69) is 6.07 Å². The predicted molar refractivity (Wildman–Crippen MR) is 126 cm³/mol. The summed E-state index contributed by atoms with van der Waals surface area (Å²) in [6.07, 6.45) is 4.78. The highest BCUT2D eigenvalue weighted by Gasteiger charge is 2.68. The summed E-state index contributed by atoms with van der Waals surface area (Å²) in [6, 6.07) is 7.58. The van der Waals surface area contributed by atoms with Gasteiger partial charge in [-0.05, 0) is 66.5 Å². The average Bonchev–Trinajstić information content (AvgIpc) is 3.14. The van der Waals surface area contributed by atoms with Crippen molar-refractivity contribution < 1.29 is 21.6 Å². The number of sulfonamides is 1. The molecule has 2 aliphatic carbocycles. The maximum Gasteiger partial charge on any atom is 0.390 e. The summed E-state index contributed by atoms with van der Waals surface area (Å²) < 4.78 is 64.6. The minimum atomic E-state index is -4.48. The number of nitriles is 1. The molecule has 0 amide bonds. The van der Waals surface area contributed by atoms with E-state index in [0.29, 0.717) is 29.6 Å². The van der Waals surface area contributed by atoms with Gasteiger partial charge in [0.1, 0.15) is 6.07 Å². The first-order valence-corrected chi connectivity index (χ1v) is 14.2. The van der Waals surface area contributed by atoms with Crippen LogP contribution in [0.3, 0.4) is 0 Å². The van der Waals surface area contributed by atoms with Gasteiger partial charge < -0.3 is 0 Å². The van der Waals surface area contributed by atoms with Crippen LogP contribution in [0, 0.1) is 28.1 Å². The van der Waals surface area contributed by atoms with Crippen molar-refractivity contribution in [3.8, 4) is 6.07 Å². The van der Waals surface area contributed by atoms with Crippen molar-refractivity contribution in [1.82, 2.24) is 4.31 Å². The third-order valence-electron chi connectivity index (χ3n) is 8.48. The maximum atomic E-state index is 12.7. The van der Waals surface area contributed by atoms with E-state index in [1.165, 1.54) is 36.4 Å². The standard InChI is InChI=1S/C25H32ClF3N2O2S/c26-22-14-19(6-7-21(22)16-30)8-9-23(15-20-4-2-1-3-5-20)17-24(23)10-12-31(18-24)34(32,33)13-11-25(27,28)29/h6-7,14,20H,1-5,8-13,15,17-18H2/t23?,24-/m0/s1. The third kappa shape index (κ3) is 5.57. The Labute approximate surface area is 205 Å². The summed E-state index contributed by atoms with van der Waals surface area (Å²) in [5.74, 6) is -0.236. The Morgan fingerprint density at radius 2 is 1.94 bits per heavy atom. The normalized spacial score (nSPS) is 28.3. The lowest BCUT2D eigenvalue weighted by Gasteiger charge is -2.30. The molecular formula is C25H32ClF3N2O2S. The summed E-state index contributed by atoms with van der Waals surface area (Å²) >= 11 is 6.23. The minimum Gasteiger partial charge on any atom is -0.212 e. The number of alkyl halides is 3. The SMILES string of the molecule is N#Cc1ccc(CCC2(CC3CCCCC3)C[C@]23CCN(S(=O)(=O)CCC(F)(F)F)C3)cc1Cl. The predicted octanol–water partition coefficient (Wildman–Crippen LogP) is 6.48. The van der Waals surface area contributed by atoms with E-state index in [-0.39, 0.29) is 10.8 Å². The first-order chi connectivity index (χ1) is 16.0. The van der Waals surface area contributed by atoms with Crippen LogP contribution in [0.5, 0.6) is 0 Å². The molecule has 3 fully saturated rings. The Hall–Kier alpha value is -1.30. The molecule has 0 aromatic heterocycles. The van der Waals surface area contributed by atoms with Crippen LogP contribution in [0.2, 0.25) is 5.02 Å². The molecule has 3 aliphatic rings. The molecule has 34 heavy (non-hydrogen) atoms. The van der Waals surface area contributed by atoms with Gasteiger partial charge in [-0.2, -0.15) is 18.4 Å². The molecule has 4 rings (SSSR count). The second-order valence-electron chi connectivity index (χ2n) is 10.6. The summed E-state index contributed by atoms with van der Waals surface area (Å²) in [6.45, 7) is 0.656. The van der Waals surface area contributed by atoms with Crippen molar-refractivity contribution in [2.24, 2.45) is 16.7 Å². The molecule has 1 saturated heterocycles. The van der Waals surface area contributed by atoms with Gasteiger partial charge in [0.25, 0.3) is 0 Å². The van der Waals surface area contributed by atoms with Crippen LogP contribution in [0.25, 0.3) is 0 Å². The highest BCUT2D eigenvalue weighted by atomic mass is 35.5. The number of halogens is 4. The Morgan fingerprint density at radius 1 is 1.21 bits per heavy atom. The van der Waals surface area contributed by atoms with Crippen molar-refractivity contribution >= 4 is 21.6 Å². The molecular weight excluding hydrogens is 485 g/mol. The van der Waals surface area contributed by atoms with Crippen LogP contribution in [0.15, 0.2) is 18.2 Å². The maximum absolute atomic E-state index is 12.7. The van der Waals surface area contributed by atoms with Gasteiger partial charge in [0, 0.05) is 13.1 Å². The van der Waals surface area contributed by atoms with Gasteiger partial charge >= 0.3 is 6.18 Å². The van der Waals surface area contributed by atoms with E-state index in [1.807, 2.05) is 12.1 Å². The molecule has 2 atom stereocenters. The summed E-state index contributed by atoms with van der Waals surface area (Å²) in [7, 11) is -3.92. The number of aryl methyl sites for hydroxylation is 1. The monoisotopic (exact) mass is 516 g/mol. The average molecular weight is 517 g/mol. The van der Waals surface area contributed by atoms with Crippen LogP contribution in [0.4, 0.5) is 13.2 Å². The van der Waals surface area contributed by atoms with Crippen LogP contribution in [-0.2, 0) is 16.4 Å². The van der Waals surface area contributed by atoms with Crippen LogP contribution >= 0.6 is 11.6 Å². The van der Waals surface area contributed by atoms with E-state index in [9.17, 15) is 21.6 Å². The summed E-state index contributed by atoms with van der Waals surface area (Å²) in [5, 5.41) is 9.56. The van der Waals surface area contributed by atoms with Crippen LogP contribution in [0.1, 0.15) is 75.3 Å². The molecule has 1 spiro atoms. The molecule has 1 aromatic rings. The molecule has 1 aliphatic heterocycles. The second-order valence-corrected chi connectivity index (χ2v) is 13.1. The minimum absolute atomic E-state index is 0.0175. The first kappa shape index (κ1) is 25.8. The topological polar surface area (TPSA) is 61.2 Å². The summed E-state index contributed by atoms with van der Waals surface area (Å²) in [5.41, 5.74) is 1.39. The Kier molecular flexibility index (Phi) is 7.30. The van der Waals surface area contributed by atoms with Gasteiger partial charge in [-0.15, -0.1) is 0 Å². The number of hydrogen-bond donors (Lipinski definition) is 0. The van der Waals surface area contributed by atoms with E-state index < -0.39 is 28.4 Å². The van der Waals surface area contributed by atoms with Crippen molar-refractivity contribution in [3.05, 3.63) is 34.3 Å². The van der Waals surface area contributed by atoms with E-state index >= 15 is 0 Å². The lowest BCUT2D eigenvalue weighted by Crippen LogP contribution is -2.33. The number of rotatable bonds is 8. The van der Waals surface area contributed by atoms with E-state index in [1.54, 1.807) is 6.07 Å². The Balaban J connectivity index is 1.48. The Morgan fingerprint density at radius 3 is 2.59 bits per heavy atom. The molecule has 0 bridgehead atoms. The van der Waals surface area contributed by atoms with Gasteiger partial charge in [-0.25, -0.2) is 12.7 Å². The van der Waals surface area contributed by atoms with Crippen molar-refractivity contribution in [2.45, 2.75) is 76.8 Å². The third-order valence-corrected chi connectivity index (χ3v) is 10.6. The van der Waals surface area contributed by atoms with Gasteiger partial charge in [-0.1, -0.05) is 49.8 Å². The van der Waals surface area contributed by atoms with Crippen molar-refractivity contribution in [3.63, 3.8) is 0 Å². The lowest BCUT2D eigenvalue weighted by atomic mass is 9.75. The molecule has 1 heterocycles. The highest BCUT2D eigenvalue weighted by molar-refractivity contribution is 7.89. The molecule has 0 N–H and O–H groups in total. The molecule has 4 nitrogen and oxygen atoms in total. The summed E-state index contributed by atoms with van der Waals surface area (Å²) in [4.78, 5) is 0. The first-order valence-electron chi connectivity index (χ1n) is 12.2. The van der Waals surface area contributed by atoms with E-state index in [0.717, 1.165) is 37.7 Å². The van der Waals surface area contributed by atoms with Crippen molar-refractivity contribution in [1.29, 1.82) is 5.26 Å². The molecule has 1 aromatic carbocycles. The fourth-order valence-electron chi connectivity index (χ4n) is 6.50. The molecule has 2 saturated carbocycles. The molecule has 0 radical (unpaired) electrons. The van der Waals surface area contributed by atoms with E-state index in [4.69, 9.17) is 16.9 Å². The number of benzene rings is 1. The quantitative estimate of drug-likeness (QED) is 0.397. The smallest absolute Gasteiger partial charge is 0.212 e. The van der Waals surface area contributed by atoms with Crippen molar-refractivity contribution in [2.75, 3.05) is 18.8 Å². The fourth-order valence-corrected chi connectivity index (χ4v) is 8.31. The second kappa shape index (κ2) is 9.63. The zero-order chi connectivity index (χ0) is 24.6. The molecule has 188 valence electrons. The zero-order valence-corrected chi connectivity index (χ0v) is 20.9. The van der Waals surface area contributed by atoms with Gasteiger partial charge in [-0.3, -0.25) is 0 Å². The number of hydrogen-bond acceptors (Lipinski definition) is 3. The molecule has 1 unspecified atom stereocenters. The van der Waals surface area contributed by atoms with Crippen LogP contribution < -0.4 is 0 Å². The van der Waals surface area contributed by atoms with Gasteiger partial charge in [0.2, 0.25) is 10.0 Å². The number of nitrogens with zero attached hydrogens (tertiary/aromatic N) is 2. The largest absolute Gasteiger partial charge is 0.390 e. The van der Waals surface area contributed by atoms with Gasteiger partial charge in [0.15, 0.2) is 0 Å². The van der Waals surface area contributed by atoms with Crippen LogP contribution in [-0.4, -0.2) is 37.7 Å². The zero-order valence-electron chi connectivity index (χ0n) is 19.3. The van der Waals surface area contributed by atoms with Gasteiger partial charge in [0.05, 0.1) is 22.8 Å². The Bertz CT molecular complexity index is 1050. The molecule has 9 heteroatoms. The fraction of sp³-hybridized carbons (Fsp3) is 0.720.